The second-order valence-corrected chi connectivity index (χ2v) is 16.0. The number of esters is 1. The molecule has 0 saturated heterocycles. The molecular weight excluding hydrogens is 377 g/mol. The van der Waals surface area contributed by atoms with E-state index in [1.807, 2.05) is 0 Å². The van der Waals surface area contributed by atoms with E-state index in [4.69, 9.17) is 4.74 Å². The molecule has 0 heterocycles. The van der Waals surface area contributed by atoms with Crippen LogP contribution in [0.3, 0.4) is 0 Å². The van der Waals surface area contributed by atoms with E-state index in [1.165, 1.54) is 6.07 Å². The minimum atomic E-state index is -4.50. The summed E-state index contributed by atoms with van der Waals surface area (Å²) in [5.74, 6) is -0.716. The molecule has 1 aromatic rings. The van der Waals surface area contributed by atoms with Crippen molar-refractivity contribution in [2.24, 2.45) is 0 Å². The summed E-state index contributed by atoms with van der Waals surface area (Å²) in [6.07, 6.45) is -4.50. The SMILES string of the molecule is CCOC(=O)c1cc(S[Si](C(C)C)(C(C)C)C(C)C)cc(C(F)(F)F)c1. The van der Waals surface area contributed by atoms with Crippen LogP contribution in [0.5, 0.6) is 0 Å². The molecule has 1 aromatic carbocycles. The number of hydrogen-bond donors (Lipinski definition) is 0. The first-order valence-corrected chi connectivity index (χ1v) is 12.7. The van der Waals surface area contributed by atoms with Gasteiger partial charge in [0, 0.05) is 4.90 Å². The van der Waals surface area contributed by atoms with Crippen molar-refractivity contribution in [1.29, 1.82) is 0 Å². The number of benzene rings is 1. The van der Waals surface area contributed by atoms with Crippen LogP contribution in [0.2, 0.25) is 16.6 Å². The van der Waals surface area contributed by atoms with Gasteiger partial charge in [-0.25, -0.2) is 4.79 Å². The maximum Gasteiger partial charge on any atom is 0.416 e. The third-order valence-electron chi connectivity index (χ3n) is 4.75. The second kappa shape index (κ2) is 8.82. The Hall–Kier alpha value is -0.953. The average Bonchev–Trinajstić information content (AvgIpc) is 2.50. The van der Waals surface area contributed by atoms with Gasteiger partial charge < -0.3 is 4.74 Å². The van der Waals surface area contributed by atoms with Crippen molar-refractivity contribution in [2.45, 2.75) is 76.2 Å². The summed E-state index contributed by atoms with van der Waals surface area (Å²) in [5, 5.41) is 0. The highest BCUT2D eigenvalue weighted by Gasteiger charge is 2.44. The van der Waals surface area contributed by atoms with E-state index >= 15 is 0 Å². The number of hydrogen-bond acceptors (Lipinski definition) is 3. The summed E-state index contributed by atoms with van der Waals surface area (Å²) in [6.45, 7) is 14.7. The molecule has 0 aliphatic heterocycles. The van der Waals surface area contributed by atoms with Crippen molar-refractivity contribution in [1.82, 2.24) is 0 Å². The highest BCUT2D eigenvalue weighted by atomic mass is 32.4. The number of carbonyl (C=O) groups is 1. The molecule has 7 heteroatoms. The third-order valence-corrected chi connectivity index (χ3v) is 17.0. The summed E-state index contributed by atoms with van der Waals surface area (Å²) < 4.78 is 45.0. The van der Waals surface area contributed by atoms with Crippen LogP contribution in [0, 0.1) is 0 Å². The van der Waals surface area contributed by atoms with Gasteiger partial charge in [-0.05, 0) is 41.7 Å². The lowest BCUT2D eigenvalue weighted by molar-refractivity contribution is -0.137. The standard InChI is InChI=1S/C19H29F3O2SSi/c1-8-24-18(23)15-9-16(19(20,21)22)11-17(10-15)25-26(12(2)3,13(4)5)14(6)7/h9-14H,8H2,1-7H3. The maximum atomic E-state index is 13.4. The van der Waals surface area contributed by atoms with Crippen LogP contribution in [0.4, 0.5) is 13.2 Å². The quantitative estimate of drug-likeness (QED) is 0.355. The molecular formula is C19H29F3O2SSi. The van der Waals surface area contributed by atoms with E-state index in [0.717, 1.165) is 6.07 Å². The molecule has 0 unspecified atom stereocenters. The molecule has 0 spiro atoms. The third kappa shape index (κ3) is 5.06. The molecule has 2 nitrogen and oxygen atoms in total. The van der Waals surface area contributed by atoms with Crippen LogP contribution in [0.1, 0.15) is 64.4 Å². The predicted octanol–water partition coefficient (Wildman–Crippen LogP) is 7.15. The lowest BCUT2D eigenvalue weighted by Gasteiger charge is -2.42. The van der Waals surface area contributed by atoms with Gasteiger partial charge in [0.2, 0.25) is 0 Å². The van der Waals surface area contributed by atoms with Crippen LogP contribution in [0.25, 0.3) is 0 Å². The lowest BCUT2D eigenvalue weighted by atomic mass is 10.1. The largest absolute Gasteiger partial charge is 0.462 e. The van der Waals surface area contributed by atoms with Crippen molar-refractivity contribution < 1.29 is 22.7 Å². The van der Waals surface area contributed by atoms with E-state index in [-0.39, 0.29) is 12.2 Å². The van der Waals surface area contributed by atoms with Crippen molar-refractivity contribution in [3.8, 4) is 0 Å². The summed E-state index contributed by atoms with van der Waals surface area (Å²) in [5.41, 5.74) is 0.308. The van der Waals surface area contributed by atoms with Crippen LogP contribution < -0.4 is 0 Å². The van der Waals surface area contributed by atoms with E-state index in [2.05, 4.69) is 41.5 Å². The summed E-state index contributed by atoms with van der Waals surface area (Å²) in [6, 6.07) is 3.60. The van der Waals surface area contributed by atoms with Crippen molar-refractivity contribution in [3.05, 3.63) is 29.3 Å². The molecule has 0 aliphatic carbocycles. The van der Waals surface area contributed by atoms with Crippen LogP contribution in [-0.2, 0) is 10.9 Å². The van der Waals surface area contributed by atoms with Gasteiger partial charge in [-0.3, -0.25) is 0 Å². The minimum absolute atomic E-state index is 0.0386. The van der Waals surface area contributed by atoms with E-state index in [0.29, 0.717) is 21.5 Å². The van der Waals surface area contributed by atoms with Crippen LogP contribution in [0.15, 0.2) is 23.1 Å². The molecule has 1 rings (SSSR count). The average molecular weight is 407 g/mol. The number of ether oxygens (including phenoxy) is 1. The Morgan fingerprint density at radius 2 is 1.54 bits per heavy atom. The normalized spacial score (nSPS) is 13.0. The zero-order chi connectivity index (χ0) is 20.3. The molecule has 0 fully saturated rings. The molecule has 0 radical (unpaired) electrons. The Bertz CT molecular complexity index is 606. The van der Waals surface area contributed by atoms with Gasteiger partial charge in [0.25, 0.3) is 0 Å². The van der Waals surface area contributed by atoms with E-state index in [9.17, 15) is 18.0 Å². The number of halogens is 3. The van der Waals surface area contributed by atoms with E-state index < -0.39 is 24.9 Å². The number of carbonyl (C=O) groups excluding carboxylic acids is 1. The fraction of sp³-hybridized carbons (Fsp3) is 0.632. The smallest absolute Gasteiger partial charge is 0.416 e. The monoisotopic (exact) mass is 406 g/mol. The Morgan fingerprint density at radius 1 is 1.04 bits per heavy atom. The van der Waals surface area contributed by atoms with Crippen LogP contribution >= 0.6 is 11.2 Å². The molecule has 0 atom stereocenters. The Labute approximate surface area is 159 Å². The van der Waals surface area contributed by atoms with Crippen molar-refractivity contribution in [3.63, 3.8) is 0 Å². The second-order valence-electron chi connectivity index (χ2n) is 7.38. The number of rotatable bonds is 7. The van der Waals surface area contributed by atoms with Gasteiger partial charge in [0.1, 0.15) is 7.22 Å². The molecule has 0 aliphatic rings. The van der Waals surface area contributed by atoms with Gasteiger partial charge in [0.05, 0.1) is 17.7 Å². The first kappa shape index (κ1) is 23.1. The highest BCUT2D eigenvalue weighted by Crippen LogP contribution is 2.52. The fourth-order valence-corrected chi connectivity index (χ4v) is 12.9. The van der Waals surface area contributed by atoms with Crippen molar-refractivity contribution >= 4 is 24.4 Å². The molecule has 0 aromatic heterocycles. The molecule has 0 amide bonds. The Morgan fingerprint density at radius 3 is 1.92 bits per heavy atom. The molecule has 0 bridgehead atoms. The molecule has 26 heavy (non-hydrogen) atoms. The lowest BCUT2D eigenvalue weighted by Crippen LogP contribution is -2.41. The Kier molecular flexibility index (Phi) is 7.83. The summed E-state index contributed by atoms with van der Waals surface area (Å²) in [4.78, 5) is 12.6. The van der Waals surface area contributed by atoms with Gasteiger partial charge >= 0.3 is 12.1 Å². The summed E-state index contributed by atoms with van der Waals surface area (Å²) in [7, 11) is -2.03. The zero-order valence-electron chi connectivity index (χ0n) is 16.5. The molecule has 0 saturated carbocycles. The Balaban J connectivity index is 3.50. The topological polar surface area (TPSA) is 26.3 Å². The first-order valence-electron chi connectivity index (χ1n) is 8.94. The minimum Gasteiger partial charge on any atom is -0.462 e. The van der Waals surface area contributed by atoms with Gasteiger partial charge in [-0.15, -0.1) is 0 Å². The van der Waals surface area contributed by atoms with Crippen molar-refractivity contribution in [2.75, 3.05) is 6.61 Å². The highest BCUT2D eigenvalue weighted by molar-refractivity contribution is 8.29. The maximum absolute atomic E-state index is 13.4. The fourth-order valence-electron chi connectivity index (χ4n) is 3.71. The zero-order valence-corrected chi connectivity index (χ0v) is 18.3. The number of alkyl halides is 3. The molecule has 0 N–H and O–H groups in total. The summed E-state index contributed by atoms with van der Waals surface area (Å²) >= 11 is 1.57. The van der Waals surface area contributed by atoms with Crippen LogP contribution in [-0.4, -0.2) is 19.8 Å². The van der Waals surface area contributed by atoms with Gasteiger partial charge in [-0.1, -0.05) is 41.5 Å². The van der Waals surface area contributed by atoms with E-state index in [1.54, 1.807) is 24.2 Å². The van der Waals surface area contributed by atoms with Gasteiger partial charge in [-0.2, -0.15) is 24.4 Å². The molecule has 148 valence electrons. The predicted molar refractivity (Wildman–Crippen MR) is 104 cm³/mol. The van der Waals surface area contributed by atoms with Gasteiger partial charge in [0.15, 0.2) is 0 Å². The first-order chi connectivity index (χ1) is 11.9.